The first-order chi connectivity index (χ1) is 14.7. The molecule has 30 heavy (non-hydrogen) atoms. The summed E-state index contributed by atoms with van der Waals surface area (Å²) in [5.41, 5.74) is 3.36. The number of methoxy groups -OCH3 is 1. The van der Waals surface area contributed by atoms with E-state index in [0.29, 0.717) is 17.9 Å². The number of aryl methyl sites for hydroxylation is 1. The quantitative estimate of drug-likeness (QED) is 0.601. The number of piperidine rings is 1. The monoisotopic (exact) mass is 403 g/mol. The topological polar surface area (TPSA) is 67.5 Å². The molecule has 6 heteroatoms. The Balaban J connectivity index is 1.67. The van der Waals surface area contributed by atoms with Crippen LogP contribution >= 0.6 is 0 Å². The van der Waals surface area contributed by atoms with Crippen molar-refractivity contribution in [3.05, 3.63) is 48.0 Å². The minimum Gasteiger partial charge on any atom is -0.497 e. The molecule has 0 saturated carbocycles. The van der Waals surface area contributed by atoms with Crippen LogP contribution in [0.1, 0.15) is 31.7 Å². The van der Waals surface area contributed by atoms with Gasteiger partial charge in [-0.3, -0.25) is 0 Å². The van der Waals surface area contributed by atoms with Crippen molar-refractivity contribution in [3.8, 4) is 28.8 Å². The Kier molecular flexibility index (Phi) is 5.62. The molecule has 0 radical (unpaired) electrons. The molecule has 154 valence electrons. The molecule has 2 aromatic carbocycles. The van der Waals surface area contributed by atoms with Crippen LogP contribution in [0.3, 0.4) is 0 Å². The van der Waals surface area contributed by atoms with Gasteiger partial charge in [-0.05, 0) is 68.1 Å². The summed E-state index contributed by atoms with van der Waals surface area (Å²) in [5.74, 6) is 1.26. The highest BCUT2D eigenvalue weighted by molar-refractivity contribution is 5.95. The van der Waals surface area contributed by atoms with Crippen LogP contribution < -0.4 is 9.47 Å². The molecule has 0 spiro atoms. The van der Waals surface area contributed by atoms with Crippen molar-refractivity contribution in [1.29, 1.82) is 5.26 Å². The number of hydrogen-bond donors (Lipinski definition) is 0. The summed E-state index contributed by atoms with van der Waals surface area (Å²) < 4.78 is 13.0. The number of nitriles is 1. The Morgan fingerprint density at radius 2 is 1.77 bits per heavy atom. The Hall–Kier alpha value is -3.46. The first-order valence-electron chi connectivity index (χ1n) is 10.3. The molecular weight excluding hydrogens is 378 g/mol. The maximum atomic E-state index is 12.3. The Morgan fingerprint density at radius 3 is 2.40 bits per heavy atom. The van der Waals surface area contributed by atoms with Crippen molar-refractivity contribution in [2.24, 2.45) is 0 Å². The van der Waals surface area contributed by atoms with Gasteiger partial charge in [0.15, 0.2) is 0 Å². The molecule has 0 unspecified atom stereocenters. The van der Waals surface area contributed by atoms with Crippen LogP contribution in [-0.4, -0.2) is 35.8 Å². The van der Waals surface area contributed by atoms with Crippen LogP contribution in [0.2, 0.25) is 0 Å². The van der Waals surface area contributed by atoms with Crippen molar-refractivity contribution >= 4 is 17.0 Å². The highest BCUT2D eigenvalue weighted by Gasteiger charge is 2.20. The third kappa shape index (κ3) is 3.59. The number of amides is 1. The van der Waals surface area contributed by atoms with Crippen molar-refractivity contribution < 1.29 is 14.3 Å². The van der Waals surface area contributed by atoms with Gasteiger partial charge in [0.05, 0.1) is 23.9 Å². The van der Waals surface area contributed by atoms with Crippen LogP contribution in [0, 0.1) is 11.3 Å². The SMILES string of the molecule is CCn1c(-c2ccc(OC(=O)N3CCCCC3)cc2)c(C#N)c2ccc(OC)cc21. The van der Waals surface area contributed by atoms with Crippen molar-refractivity contribution in [2.75, 3.05) is 20.2 Å². The van der Waals surface area contributed by atoms with Crippen molar-refractivity contribution in [1.82, 2.24) is 9.47 Å². The highest BCUT2D eigenvalue weighted by atomic mass is 16.6. The van der Waals surface area contributed by atoms with Gasteiger partial charge in [0, 0.05) is 31.1 Å². The number of nitrogens with zero attached hydrogens (tertiary/aromatic N) is 3. The molecule has 1 aliphatic rings. The van der Waals surface area contributed by atoms with Crippen molar-refractivity contribution in [3.63, 3.8) is 0 Å². The molecule has 6 nitrogen and oxygen atoms in total. The summed E-state index contributed by atoms with van der Waals surface area (Å²) in [6.07, 6.45) is 2.92. The van der Waals surface area contributed by atoms with Crippen LogP contribution in [0.5, 0.6) is 11.5 Å². The lowest BCUT2D eigenvalue weighted by Crippen LogP contribution is -2.37. The van der Waals surface area contributed by atoms with E-state index in [1.807, 2.05) is 30.3 Å². The lowest BCUT2D eigenvalue weighted by Gasteiger charge is -2.25. The van der Waals surface area contributed by atoms with Gasteiger partial charge in [-0.1, -0.05) is 0 Å². The largest absolute Gasteiger partial charge is 0.497 e. The molecule has 1 aliphatic heterocycles. The molecular formula is C24H25N3O3. The highest BCUT2D eigenvalue weighted by Crippen LogP contribution is 2.35. The molecule has 0 atom stereocenters. The zero-order chi connectivity index (χ0) is 21.1. The van der Waals surface area contributed by atoms with E-state index in [1.165, 1.54) is 0 Å². The number of ether oxygens (including phenoxy) is 2. The van der Waals surface area contributed by atoms with Gasteiger partial charge in [-0.15, -0.1) is 0 Å². The maximum absolute atomic E-state index is 12.3. The summed E-state index contributed by atoms with van der Waals surface area (Å²) in [6.45, 7) is 4.27. The predicted octanol–water partition coefficient (Wildman–Crippen LogP) is 5.19. The third-order valence-corrected chi connectivity index (χ3v) is 5.65. The maximum Gasteiger partial charge on any atom is 0.415 e. The second-order valence-corrected chi connectivity index (χ2v) is 7.40. The van der Waals surface area contributed by atoms with Gasteiger partial charge in [-0.25, -0.2) is 4.79 Å². The zero-order valence-corrected chi connectivity index (χ0v) is 17.4. The lowest BCUT2D eigenvalue weighted by molar-refractivity contribution is 0.142. The van der Waals surface area contributed by atoms with Crippen LogP contribution in [-0.2, 0) is 6.54 Å². The molecule has 3 aromatic rings. The zero-order valence-electron chi connectivity index (χ0n) is 17.4. The fourth-order valence-electron chi connectivity index (χ4n) is 4.12. The molecule has 2 heterocycles. The van der Waals surface area contributed by atoms with Crippen LogP contribution in [0.15, 0.2) is 42.5 Å². The van der Waals surface area contributed by atoms with Gasteiger partial charge < -0.3 is 18.9 Å². The molecule has 0 aliphatic carbocycles. The van der Waals surface area contributed by atoms with E-state index >= 15 is 0 Å². The number of likely N-dealkylation sites (tertiary alicyclic amines) is 1. The van der Waals surface area contributed by atoms with Gasteiger partial charge in [0.25, 0.3) is 0 Å². The summed E-state index contributed by atoms with van der Waals surface area (Å²) in [7, 11) is 1.64. The minimum atomic E-state index is -0.296. The summed E-state index contributed by atoms with van der Waals surface area (Å²) >= 11 is 0. The molecule has 0 bridgehead atoms. The van der Waals surface area contributed by atoms with E-state index in [0.717, 1.165) is 60.3 Å². The number of fused-ring (bicyclic) bond motifs is 1. The number of rotatable bonds is 4. The molecule has 4 rings (SSSR count). The van der Waals surface area contributed by atoms with E-state index in [9.17, 15) is 10.1 Å². The number of aromatic nitrogens is 1. The number of carbonyl (C=O) groups is 1. The summed E-state index contributed by atoms with van der Waals surface area (Å²) in [5, 5.41) is 10.8. The average Bonchev–Trinajstić information content (AvgIpc) is 3.12. The van der Waals surface area contributed by atoms with Gasteiger partial charge in [0.1, 0.15) is 17.6 Å². The normalized spacial score (nSPS) is 13.8. The third-order valence-electron chi connectivity index (χ3n) is 5.65. The number of benzene rings is 2. The number of carbonyl (C=O) groups excluding carboxylic acids is 1. The Labute approximate surface area is 176 Å². The standard InChI is InChI=1S/C24H25N3O3/c1-3-27-22-15-19(29-2)11-12-20(22)21(16-25)23(27)17-7-9-18(10-8-17)30-24(28)26-13-5-4-6-14-26/h7-12,15H,3-6,13-14H2,1-2H3. The summed E-state index contributed by atoms with van der Waals surface area (Å²) in [6, 6.07) is 15.5. The van der Waals surface area contributed by atoms with Crippen LogP contribution in [0.4, 0.5) is 4.79 Å². The van der Waals surface area contributed by atoms with Gasteiger partial charge in [0.2, 0.25) is 0 Å². The second kappa shape index (κ2) is 8.50. The average molecular weight is 403 g/mol. The first kappa shape index (κ1) is 19.8. The fourth-order valence-corrected chi connectivity index (χ4v) is 4.12. The van der Waals surface area contributed by atoms with E-state index in [-0.39, 0.29) is 6.09 Å². The molecule has 1 aromatic heterocycles. The minimum absolute atomic E-state index is 0.296. The van der Waals surface area contributed by atoms with Gasteiger partial charge >= 0.3 is 6.09 Å². The molecule has 1 amide bonds. The lowest BCUT2D eigenvalue weighted by atomic mass is 10.1. The molecule has 1 saturated heterocycles. The predicted molar refractivity (Wildman–Crippen MR) is 116 cm³/mol. The van der Waals surface area contributed by atoms with E-state index < -0.39 is 0 Å². The van der Waals surface area contributed by atoms with E-state index in [2.05, 4.69) is 17.6 Å². The fraction of sp³-hybridized carbons (Fsp3) is 0.333. The summed E-state index contributed by atoms with van der Waals surface area (Å²) in [4.78, 5) is 14.1. The first-order valence-corrected chi connectivity index (χ1v) is 10.3. The van der Waals surface area contributed by atoms with Crippen molar-refractivity contribution in [2.45, 2.75) is 32.7 Å². The second-order valence-electron chi connectivity index (χ2n) is 7.40. The smallest absolute Gasteiger partial charge is 0.415 e. The van der Waals surface area contributed by atoms with E-state index in [4.69, 9.17) is 9.47 Å². The number of hydrogen-bond acceptors (Lipinski definition) is 4. The molecule has 0 N–H and O–H groups in total. The Morgan fingerprint density at radius 1 is 1.07 bits per heavy atom. The van der Waals surface area contributed by atoms with Crippen LogP contribution in [0.25, 0.3) is 22.2 Å². The van der Waals surface area contributed by atoms with Gasteiger partial charge in [-0.2, -0.15) is 5.26 Å². The molecule has 1 fully saturated rings. The van der Waals surface area contributed by atoms with E-state index in [1.54, 1.807) is 24.1 Å². The Bertz CT molecular complexity index is 1100.